The summed E-state index contributed by atoms with van der Waals surface area (Å²) in [6.45, 7) is 2.54. The first-order chi connectivity index (χ1) is 9.57. The third kappa shape index (κ3) is 2.22. The first-order valence-corrected chi connectivity index (χ1v) is 7.30. The largest absolute Gasteiger partial charge is 0.383 e. The molecule has 1 heterocycles. The van der Waals surface area contributed by atoms with E-state index in [0.29, 0.717) is 11.6 Å². The molecule has 0 aromatic heterocycles. The normalized spacial score (nSPS) is 25.2. The number of hydrogen-bond acceptors (Lipinski definition) is 3. The van der Waals surface area contributed by atoms with Crippen LogP contribution in [-0.4, -0.2) is 36.1 Å². The monoisotopic (exact) mass is 294 g/mol. The van der Waals surface area contributed by atoms with Crippen molar-refractivity contribution in [2.75, 3.05) is 13.7 Å². The van der Waals surface area contributed by atoms with Crippen LogP contribution >= 0.6 is 11.6 Å². The van der Waals surface area contributed by atoms with Crippen LogP contribution in [0.1, 0.15) is 31.5 Å². The van der Waals surface area contributed by atoms with Gasteiger partial charge in [0.15, 0.2) is 0 Å². The number of carbonyl (C=O) groups is 1. The number of nitrogens with one attached hydrogen (secondary N) is 1. The Hall–Kier alpha value is -1.10. The minimum absolute atomic E-state index is 0.0314. The molecule has 1 N–H and O–H groups in total. The number of halogens is 1. The van der Waals surface area contributed by atoms with Crippen molar-refractivity contribution in [1.82, 2.24) is 10.2 Å². The topological polar surface area (TPSA) is 41.6 Å². The highest BCUT2D eigenvalue weighted by molar-refractivity contribution is 6.30. The molecule has 4 nitrogen and oxygen atoms in total. The average molecular weight is 295 g/mol. The Morgan fingerprint density at radius 2 is 2.30 bits per heavy atom. The molecule has 2 unspecified atom stereocenters. The van der Waals surface area contributed by atoms with Gasteiger partial charge in [-0.2, -0.15) is 0 Å². The Morgan fingerprint density at radius 3 is 2.90 bits per heavy atom. The second-order valence-electron chi connectivity index (χ2n) is 5.70. The van der Waals surface area contributed by atoms with E-state index < -0.39 is 0 Å². The third-order valence-corrected chi connectivity index (χ3v) is 4.37. The van der Waals surface area contributed by atoms with Crippen molar-refractivity contribution in [3.63, 3.8) is 0 Å². The van der Waals surface area contributed by atoms with Crippen molar-refractivity contribution in [2.45, 2.75) is 37.5 Å². The van der Waals surface area contributed by atoms with E-state index in [0.717, 1.165) is 18.4 Å². The molecule has 1 saturated heterocycles. The van der Waals surface area contributed by atoms with E-state index in [1.807, 2.05) is 36.1 Å². The van der Waals surface area contributed by atoms with E-state index >= 15 is 0 Å². The maximum absolute atomic E-state index is 12.6. The van der Waals surface area contributed by atoms with Gasteiger partial charge in [0.1, 0.15) is 11.7 Å². The third-order valence-electron chi connectivity index (χ3n) is 4.13. The number of amides is 1. The predicted molar refractivity (Wildman–Crippen MR) is 77.5 cm³/mol. The summed E-state index contributed by atoms with van der Waals surface area (Å²) in [5.41, 5.74) is 0.687. The standard InChI is InChI=1S/C15H19ClN2O2/c1-10(9-20-2)18-13(11-4-3-5-12(16)8-11)17-15(6-7-15)14(18)19/h3-5,8,10,13,17H,6-7,9H2,1-2H3. The Bertz CT molecular complexity index is 530. The molecule has 2 fully saturated rings. The Kier molecular flexibility index (Phi) is 3.48. The van der Waals surface area contributed by atoms with Gasteiger partial charge >= 0.3 is 0 Å². The van der Waals surface area contributed by atoms with Gasteiger partial charge in [0.25, 0.3) is 0 Å². The first-order valence-electron chi connectivity index (χ1n) is 6.92. The predicted octanol–water partition coefficient (Wildman–Crippen LogP) is 2.34. The molecule has 2 aliphatic rings. The average Bonchev–Trinajstić information content (AvgIpc) is 3.12. The van der Waals surface area contributed by atoms with Crippen molar-refractivity contribution >= 4 is 17.5 Å². The van der Waals surface area contributed by atoms with Crippen LogP contribution in [0.3, 0.4) is 0 Å². The lowest BCUT2D eigenvalue weighted by molar-refractivity contribution is -0.133. The van der Waals surface area contributed by atoms with Crippen LogP contribution in [0.15, 0.2) is 24.3 Å². The maximum atomic E-state index is 12.6. The minimum atomic E-state index is -0.338. The van der Waals surface area contributed by atoms with E-state index in [2.05, 4.69) is 5.32 Å². The molecule has 1 saturated carbocycles. The molecule has 0 bridgehead atoms. The molecule has 1 amide bonds. The van der Waals surface area contributed by atoms with E-state index in [1.165, 1.54) is 0 Å². The van der Waals surface area contributed by atoms with Crippen molar-refractivity contribution < 1.29 is 9.53 Å². The van der Waals surface area contributed by atoms with Crippen LogP contribution in [0.25, 0.3) is 0 Å². The van der Waals surface area contributed by atoms with Gasteiger partial charge in [-0.1, -0.05) is 23.7 Å². The molecule has 1 aromatic rings. The summed E-state index contributed by atoms with van der Waals surface area (Å²) in [6, 6.07) is 7.72. The lowest BCUT2D eigenvalue weighted by Crippen LogP contribution is -2.41. The highest BCUT2D eigenvalue weighted by Gasteiger charge is 2.60. The molecular formula is C15H19ClN2O2. The zero-order valence-electron chi connectivity index (χ0n) is 11.7. The van der Waals surface area contributed by atoms with Gasteiger partial charge in [0.05, 0.1) is 12.6 Å². The number of benzene rings is 1. The Morgan fingerprint density at radius 1 is 1.55 bits per heavy atom. The quantitative estimate of drug-likeness (QED) is 0.927. The second kappa shape index (κ2) is 5.02. The summed E-state index contributed by atoms with van der Waals surface area (Å²) >= 11 is 6.08. The molecule has 108 valence electrons. The number of hydrogen-bond donors (Lipinski definition) is 1. The molecule has 20 heavy (non-hydrogen) atoms. The molecular weight excluding hydrogens is 276 g/mol. The minimum Gasteiger partial charge on any atom is -0.383 e. The molecule has 1 aliphatic carbocycles. The second-order valence-corrected chi connectivity index (χ2v) is 6.14. The number of methoxy groups -OCH3 is 1. The lowest BCUT2D eigenvalue weighted by Gasteiger charge is -2.30. The first kappa shape index (κ1) is 13.9. The fourth-order valence-corrected chi connectivity index (χ4v) is 3.14. The number of ether oxygens (including phenoxy) is 1. The molecule has 3 rings (SSSR count). The van der Waals surface area contributed by atoms with Crippen LogP contribution in [0.2, 0.25) is 5.02 Å². The summed E-state index contributed by atoms with van der Waals surface area (Å²) in [7, 11) is 1.66. The highest BCUT2D eigenvalue weighted by Crippen LogP contribution is 2.46. The fraction of sp³-hybridized carbons (Fsp3) is 0.533. The Labute approximate surface area is 124 Å². The molecule has 0 radical (unpaired) electrons. The van der Waals surface area contributed by atoms with Crippen LogP contribution in [0, 0.1) is 0 Å². The molecule has 1 aromatic carbocycles. The van der Waals surface area contributed by atoms with Crippen molar-refractivity contribution in [2.24, 2.45) is 0 Å². The lowest BCUT2D eigenvalue weighted by atomic mass is 10.1. The highest BCUT2D eigenvalue weighted by atomic mass is 35.5. The van der Waals surface area contributed by atoms with Crippen molar-refractivity contribution in [3.8, 4) is 0 Å². The molecule has 2 atom stereocenters. The van der Waals surface area contributed by atoms with Crippen LogP contribution < -0.4 is 5.32 Å². The van der Waals surface area contributed by atoms with Gasteiger partial charge in [-0.05, 0) is 37.5 Å². The summed E-state index contributed by atoms with van der Waals surface area (Å²) in [5, 5.41) is 4.17. The van der Waals surface area contributed by atoms with Crippen LogP contribution in [0.5, 0.6) is 0 Å². The van der Waals surface area contributed by atoms with Gasteiger partial charge < -0.3 is 9.64 Å². The van der Waals surface area contributed by atoms with Gasteiger partial charge in [-0.15, -0.1) is 0 Å². The number of carbonyl (C=O) groups excluding carboxylic acids is 1. The van der Waals surface area contributed by atoms with Crippen molar-refractivity contribution in [3.05, 3.63) is 34.9 Å². The van der Waals surface area contributed by atoms with Gasteiger partial charge in [0, 0.05) is 12.1 Å². The molecule has 1 spiro atoms. The zero-order valence-corrected chi connectivity index (χ0v) is 12.5. The van der Waals surface area contributed by atoms with Crippen LogP contribution in [-0.2, 0) is 9.53 Å². The smallest absolute Gasteiger partial charge is 0.244 e. The van der Waals surface area contributed by atoms with E-state index in [-0.39, 0.29) is 23.7 Å². The Balaban J connectivity index is 1.93. The van der Waals surface area contributed by atoms with Gasteiger partial charge in [-0.3, -0.25) is 10.1 Å². The van der Waals surface area contributed by atoms with E-state index in [9.17, 15) is 4.79 Å². The van der Waals surface area contributed by atoms with E-state index in [1.54, 1.807) is 7.11 Å². The summed E-state index contributed by atoms with van der Waals surface area (Å²) in [6.07, 6.45) is 1.71. The molecule has 5 heteroatoms. The maximum Gasteiger partial charge on any atom is 0.244 e. The van der Waals surface area contributed by atoms with Crippen molar-refractivity contribution in [1.29, 1.82) is 0 Å². The summed E-state index contributed by atoms with van der Waals surface area (Å²) in [5.74, 6) is 0.187. The summed E-state index contributed by atoms with van der Waals surface area (Å²) < 4.78 is 5.21. The number of nitrogens with zero attached hydrogens (tertiary/aromatic N) is 1. The van der Waals surface area contributed by atoms with Gasteiger partial charge in [-0.25, -0.2) is 0 Å². The van der Waals surface area contributed by atoms with Gasteiger partial charge in [0.2, 0.25) is 5.91 Å². The number of rotatable bonds is 4. The fourth-order valence-electron chi connectivity index (χ4n) is 2.94. The summed E-state index contributed by atoms with van der Waals surface area (Å²) in [4.78, 5) is 14.6. The SMILES string of the molecule is COCC(C)N1C(=O)C2(CC2)NC1c1cccc(Cl)c1. The molecule has 1 aliphatic heterocycles. The van der Waals surface area contributed by atoms with E-state index in [4.69, 9.17) is 16.3 Å². The zero-order chi connectivity index (χ0) is 14.3. The van der Waals surface area contributed by atoms with Crippen LogP contribution in [0.4, 0.5) is 0 Å².